The first-order valence-electron chi connectivity index (χ1n) is 7.48. The van der Waals surface area contributed by atoms with Gasteiger partial charge in [0, 0.05) is 18.5 Å². The van der Waals surface area contributed by atoms with Crippen molar-refractivity contribution in [1.29, 1.82) is 0 Å². The zero-order chi connectivity index (χ0) is 13.7. The summed E-state index contributed by atoms with van der Waals surface area (Å²) < 4.78 is 0. The van der Waals surface area contributed by atoms with Crippen molar-refractivity contribution >= 4 is 5.78 Å². The van der Waals surface area contributed by atoms with Crippen molar-refractivity contribution in [1.82, 2.24) is 4.90 Å². The Hall–Kier alpha value is -1.15. The second-order valence-corrected chi connectivity index (χ2v) is 5.73. The summed E-state index contributed by atoms with van der Waals surface area (Å²) >= 11 is 0. The Kier molecular flexibility index (Phi) is 5.15. The highest BCUT2D eigenvalue weighted by molar-refractivity contribution is 5.76. The summed E-state index contributed by atoms with van der Waals surface area (Å²) in [6.07, 6.45) is 5.68. The molecule has 19 heavy (non-hydrogen) atoms. The maximum atomic E-state index is 11.5. The van der Waals surface area contributed by atoms with Crippen LogP contribution < -0.4 is 0 Å². The van der Waals surface area contributed by atoms with Crippen LogP contribution in [0.4, 0.5) is 0 Å². The van der Waals surface area contributed by atoms with E-state index in [0.29, 0.717) is 24.3 Å². The van der Waals surface area contributed by atoms with Crippen LogP contribution >= 0.6 is 0 Å². The third kappa shape index (κ3) is 3.90. The summed E-state index contributed by atoms with van der Waals surface area (Å²) in [6.45, 7) is 5.11. The molecule has 1 aromatic carbocycles. The standard InChI is InChI=1S/C17H25NO/c1-14(19)13-17-11-7-4-8-12-18(17)15(2)16-9-5-3-6-10-16/h3,5-6,9-10,15,17H,4,7-8,11-13H2,1-2H3. The van der Waals surface area contributed by atoms with Crippen LogP contribution in [0, 0.1) is 0 Å². The van der Waals surface area contributed by atoms with Gasteiger partial charge in [0.05, 0.1) is 0 Å². The van der Waals surface area contributed by atoms with Gasteiger partial charge in [-0.1, -0.05) is 43.2 Å². The molecule has 2 heteroatoms. The molecule has 1 aromatic rings. The molecule has 0 spiro atoms. The third-order valence-corrected chi connectivity index (χ3v) is 4.23. The van der Waals surface area contributed by atoms with Gasteiger partial charge >= 0.3 is 0 Å². The number of hydrogen-bond acceptors (Lipinski definition) is 2. The number of Topliss-reactive ketones (excluding diaryl/α,β-unsaturated/α-hetero) is 1. The van der Waals surface area contributed by atoms with E-state index in [1.54, 1.807) is 6.92 Å². The topological polar surface area (TPSA) is 20.3 Å². The monoisotopic (exact) mass is 259 g/mol. The molecule has 2 rings (SSSR count). The number of benzene rings is 1. The second kappa shape index (κ2) is 6.85. The van der Waals surface area contributed by atoms with Crippen molar-refractivity contribution in [2.45, 2.75) is 58.0 Å². The summed E-state index contributed by atoms with van der Waals surface area (Å²) in [5, 5.41) is 0. The molecule has 1 fully saturated rings. The Morgan fingerprint density at radius 1 is 1.26 bits per heavy atom. The quantitative estimate of drug-likeness (QED) is 0.815. The van der Waals surface area contributed by atoms with E-state index < -0.39 is 0 Å². The van der Waals surface area contributed by atoms with E-state index in [2.05, 4.69) is 42.2 Å². The van der Waals surface area contributed by atoms with Gasteiger partial charge in [0.15, 0.2) is 0 Å². The van der Waals surface area contributed by atoms with Crippen LogP contribution in [0.15, 0.2) is 30.3 Å². The molecule has 0 radical (unpaired) electrons. The summed E-state index contributed by atoms with van der Waals surface area (Å²) in [5.74, 6) is 0.317. The van der Waals surface area contributed by atoms with Gasteiger partial charge in [0.2, 0.25) is 0 Å². The smallest absolute Gasteiger partial charge is 0.131 e. The van der Waals surface area contributed by atoms with Gasteiger partial charge in [-0.05, 0) is 38.8 Å². The molecule has 2 atom stereocenters. The van der Waals surface area contributed by atoms with E-state index in [1.807, 2.05) is 0 Å². The molecule has 104 valence electrons. The molecule has 1 heterocycles. The number of rotatable bonds is 4. The van der Waals surface area contributed by atoms with Gasteiger partial charge in [-0.15, -0.1) is 0 Å². The molecule has 0 saturated carbocycles. The van der Waals surface area contributed by atoms with Crippen LogP contribution in [0.25, 0.3) is 0 Å². The van der Waals surface area contributed by atoms with Gasteiger partial charge in [-0.2, -0.15) is 0 Å². The number of hydrogen-bond donors (Lipinski definition) is 0. The average Bonchev–Trinajstić information content (AvgIpc) is 2.64. The maximum Gasteiger partial charge on any atom is 0.131 e. The average molecular weight is 259 g/mol. The van der Waals surface area contributed by atoms with Crippen molar-refractivity contribution in [2.75, 3.05) is 6.54 Å². The molecular formula is C17H25NO. The van der Waals surface area contributed by atoms with Gasteiger partial charge in [0.25, 0.3) is 0 Å². The van der Waals surface area contributed by atoms with Crippen LogP contribution in [0.5, 0.6) is 0 Å². The van der Waals surface area contributed by atoms with Gasteiger partial charge < -0.3 is 0 Å². The maximum absolute atomic E-state index is 11.5. The van der Waals surface area contributed by atoms with Crippen molar-refractivity contribution < 1.29 is 4.79 Å². The first-order valence-corrected chi connectivity index (χ1v) is 7.48. The van der Waals surface area contributed by atoms with E-state index in [1.165, 1.54) is 24.8 Å². The Bertz CT molecular complexity index is 401. The summed E-state index contributed by atoms with van der Waals surface area (Å²) in [7, 11) is 0. The molecule has 0 aromatic heterocycles. The van der Waals surface area contributed by atoms with E-state index in [-0.39, 0.29) is 0 Å². The summed E-state index contributed by atoms with van der Waals surface area (Å²) in [6, 6.07) is 11.5. The number of nitrogens with zero attached hydrogens (tertiary/aromatic N) is 1. The number of ketones is 1. The summed E-state index contributed by atoms with van der Waals surface area (Å²) in [5.41, 5.74) is 1.36. The molecule has 1 saturated heterocycles. The first-order chi connectivity index (χ1) is 9.18. The zero-order valence-electron chi connectivity index (χ0n) is 12.1. The Morgan fingerprint density at radius 2 is 2.00 bits per heavy atom. The third-order valence-electron chi connectivity index (χ3n) is 4.23. The first kappa shape index (κ1) is 14.3. The molecule has 1 aliphatic rings. The van der Waals surface area contributed by atoms with E-state index in [9.17, 15) is 4.79 Å². The van der Waals surface area contributed by atoms with Crippen LogP contribution in [0.1, 0.15) is 57.6 Å². The molecule has 2 unspecified atom stereocenters. The fraction of sp³-hybridized carbons (Fsp3) is 0.588. The fourth-order valence-corrected chi connectivity index (χ4v) is 3.18. The van der Waals surface area contributed by atoms with E-state index in [4.69, 9.17) is 0 Å². The van der Waals surface area contributed by atoms with Crippen LogP contribution in [-0.2, 0) is 4.79 Å². The van der Waals surface area contributed by atoms with Crippen LogP contribution in [-0.4, -0.2) is 23.3 Å². The highest BCUT2D eigenvalue weighted by Gasteiger charge is 2.26. The molecule has 1 aliphatic heterocycles. The molecule has 0 bridgehead atoms. The van der Waals surface area contributed by atoms with Crippen molar-refractivity contribution in [3.05, 3.63) is 35.9 Å². The molecule has 0 N–H and O–H groups in total. The van der Waals surface area contributed by atoms with Gasteiger partial charge in [-0.3, -0.25) is 9.69 Å². The highest BCUT2D eigenvalue weighted by Crippen LogP contribution is 2.29. The SMILES string of the molecule is CC(=O)CC1CCCCCN1C(C)c1ccccc1. The van der Waals surface area contributed by atoms with Crippen molar-refractivity contribution in [2.24, 2.45) is 0 Å². The number of carbonyl (C=O) groups is 1. The Morgan fingerprint density at radius 3 is 2.68 bits per heavy atom. The largest absolute Gasteiger partial charge is 0.300 e. The minimum Gasteiger partial charge on any atom is -0.300 e. The van der Waals surface area contributed by atoms with Crippen LogP contribution in [0.3, 0.4) is 0 Å². The summed E-state index contributed by atoms with van der Waals surface area (Å²) in [4.78, 5) is 14.0. The predicted molar refractivity (Wildman–Crippen MR) is 79.1 cm³/mol. The normalized spacial score (nSPS) is 22.7. The van der Waals surface area contributed by atoms with E-state index in [0.717, 1.165) is 13.0 Å². The minimum atomic E-state index is 0.317. The Balaban J connectivity index is 2.15. The molecule has 0 aliphatic carbocycles. The molecule has 0 amide bonds. The van der Waals surface area contributed by atoms with Crippen molar-refractivity contribution in [3.8, 4) is 0 Å². The molecular weight excluding hydrogens is 234 g/mol. The lowest BCUT2D eigenvalue weighted by atomic mass is 10.00. The lowest BCUT2D eigenvalue weighted by Gasteiger charge is -2.35. The number of likely N-dealkylation sites (tertiary alicyclic amines) is 1. The van der Waals surface area contributed by atoms with E-state index >= 15 is 0 Å². The Labute approximate surface area is 116 Å². The lowest BCUT2D eigenvalue weighted by Crippen LogP contribution is -2.38. The van der Waals surface area contributed by atoms with Crippen LogP contribution in [0.2, 0.25) is 0 Å². The van der Waals surface area contributed by atoms with Gasteiger partial charge in [-0.25, -0.2) is 0 Å². The second-order valence-electron chi connectivity index (χ2n) is 5.73. The molecule has 2 nitrogen and oxygen atoms in total. The fourth-order valence-electron chi connectivity index (χ4n) is 3.18. The lowest BCUT2D eigenvalue weighted by molar-refractivity contribution is -0.118. The number of carbonyl (C=O) groups excluding carboxylic acids is 1. The predicted octanol–water partition coefficient (Wildman–Crippen LogP) is 3.97. The highest BCUT2D eigenvalue weighted by atomic mass is 16.1. The van der Waals surface area contributed by atoms with Crippen molar-refractivity contribution in [3.63, 3.8) is 0 Å². The minimum absolute atomic E-state index is 0.317. The van der Waals surface area contributed by atoms with Gasteiger partial charge in [0.1, 0.15) is 5.78 Å². The zero-order valence-corrected chi connectivity index (χ0v) is 12.1.